The van der Waals surface area contributed by atoms with Gasteiger partial charge in [-0.25, -0.2) is 0 Å². The van der Waals surface area contributed by atoms with Crippen LogP contribution in [-0.4, -0.2) is 69.5 Å². The van der Waals surface area contributed by atoms with Gasteiger partial charge in [0.25, 0.3) is 0 Å². The average molecular weight is 419 g/mol. The molecule has 0 spiro atoms. The molecule has 1 aromatic rings. The van der Waals surface area contributed by atoms with Crippen molar-refractivity contribution in [2.75, 3.05) is 40.5 Å². The molecule has 168 valence electrons. The molecular weight excluding hydrogens is 380 g/mol. The van der Waals surface area contributed by atoms with E-state index in [1.54, 1.807) is 14.2 Å². The standard InChI is InChI=1S/C23H38N4O3/c1-17(27-11-12-29-16-18(27)2)14-25-23(24-3)26-15-19-9-10-21(28-4)13-22(19)30-20-7-5-6-8-20/h9-10,13,17-18,20H,5-8,11-12,14-16H2,1-4H3,(H2,24,25,26). The number of guanidine groups is 1. The van der Waals surface area contributed by atoms with Gasteiger partial charge in [0.05, 0.1) is 26.4 Å². The zero-order valence-electron chi connectivity index (χ0n) is 18.9. The second kappa shape index (κ2) is 11.4. The summed E-state index contributed by atoms with van der Waals surface area (Å²) in [6.45, 7) is 8.54. The van der Waals surface area contributed by atoms with Gasteiger partial charge in [-0.1, -0.05) is 0 Å². The largest absolute Gasteiger partial charge is 0.497 e. The van der Waals surface area contributed by atoms with Crippen LogP contribution in [0.3, 0.4) is 0 Å². The number of hydrogen-bond acceptors (Lipinski definition) is 5. The van der Waals surface area contributed by atoms with Crippen LogP contribution in [0, 0.1) is 0 Å². The van der Waals surface area contributed by atoms with Crippen molar-refractivity contribution in [2.24, 2.45) is 4.99 Å². The number of hydrogen-bond donors (Lipinski definition) is 2. The molecule has 0 amide bonds. The van der Waals surface area contributed by atoms with Crippen LogP contribution >= 0.6 is 0 Å². The monoisotopic (exact) mass is 418 g/mol. The molecule has 1 aliphatic heterocycles. The third-order valence-corrected chi connectivity index (χ3v) is 6.09. The lowest BCUT2D eigenvalue weighted by Gasteiger charge is -2.38. The number of morpholine rings is 1. The minimum atomic E-state index is 0.310. The van der Waals surface area contributed by atoms with Crippen molar-refractivity contribution < 1.29 is 14.2 Å². The summed E-state index contributed by atoms with van der Waals surface area (Å²) in [6, 6.07) is 6.90. The molecule has 0 radical (unpaired) electrons. The number of nitrogens with one attached hydrogen (secondary N) is 2. The number of methoxy groups -OCH3 is 1. The summed E-state index contributed by atoms with van der Waals surface area (Å²) >= 11 is 0. The SMILES string of the molecule is CN=C(NCc1ccc(OC)cc1OC1CCCC1)NCC(C)N1CCOCC1C. The van der Waals surface area contributed by atoms with Gasteiger partial charge in [0.2, 0.25) is 0 Å². The first kappa shape index (κ1) is 22.7. The van der Waals surface area contributed by atoms with Gasteiger partial charge in [-0.3, -0.25) is 9.89 Å². The van der Waals surface area contributed by atoms with E-state index in [0.29, 0.717) is 24.7 Å². The van der Waals surface area contributed by atoms with Gasteiger partial charge in [-0.2, -0.15) is 0 Å². The van der Waals surface area contributed by atoms with E-state index in [-0.39, 0.29) is 0 Å². The summed E-state index contributed by atoms with van der Waals surface area (Å²) in [5, 5.41) is 6.90. The van der Waals surface area contributed by atoms with E-state index in [9.17, 15) is 0 Å². The molecule has 2 aliphatic rings. The third-order valence-electron chi connectivity index (χ3n) is 6.09. The molecule has 7 nitrogen and oxygen atoms in total. The molecule has 2 fully saturated rings. The second-order valence-electron chi connectivity index (χ2n) is 8.32. The highest BCUT2D eigenvalue weighted by Gasteiger charge is 2.23. The lowest BCUT2D eigenvalue weighted by molar-refractivity contribution is -0.0174. The molecule has 3 rings (SSSR count). The molecule has 0 aromatic heterocycles. The van der Waals surface area contributed by atoms with Crippen LogP contribution in [0.25, 0.3) is 0 Å². The summed E-state index contributed by atoms with van der Waals surface area (Å²) in [7, 11) is 3.50. The Kier molecular flexibility index (Phi) is 8.63. The summed E-state index contributed by atoms with van der Waals surface area (Å²) in [6.07, 6.45) is 5.07. The summed E-state index contributed by atoms with van der Waals surface area (Å²) in [4.78, 5) is 6.88. The van der Waals surface area contributed by atoms with Crippen molar-refractivity contribution in [3.63, 3.8) is 0 Å². The predicted octanol–water partition coefficient (Wildman–Crippen LogP) is 2.79. The number of nitrogens with zero attached hydrogens (tertiary/aromatic N) is 2. The van der Waals surface area contributed by atoms with Crippen molar-refractivity contribution in [3.05, 3.63) is 23.8 Å². The molecule has 2 N–H and O–H groups in total. The molecular formula is C23H38N4O3. The first-order valence-corrected chi connectivity index (χ1v) is 11.2. The van der Waals surface area contributed by atoms with E-state index in [4.69, 9.17) is 14.2 Å². The van der Waals surface area contributed by atoms with Crippen LogP contribution in [0.15, 0.2) is 23.2 Å². The Morgan fingerprint density at radius 2 is 2.10 bits per heavy atom. The van der Waals surface area contributed by atoms with E-state index in [2.05, 4.69) is 40.4 Å². The average Bonchev–Trinajstić information content (AvgIpc) is 3.27. The fourth-order valence-corrected chi connectivity index (χ4v) is 4.26. The predicted molar refractivity (Wildman–Crippen MR) is 121 cm³/mol. The lowest BCUT2D eigenvalue weighted by atomic mass is 10.1. The Balaban J connectivity index is 1.54. The maximum absolute atomic E-state index is 6.31. The van der Waals surface area contributed by atoms with Crippen molar-refractivity contribution >= 4 is 5.96 Å². The highest BCUT2D eigenvalue weighted by Crippen LogP contribution is 2.30. The second-order valence-corrected chi connectivity index (χ2v) is 8.32. The topological polar surface area (TPSA) is 67.4 Å². The third kappa shape index (κ3) is 6.25. The van der Waals surface area contributed by atoms with Gasteiger partial charge in [0, 0.05) is 50.4 Å². The van der Waals surface area contributed by atoms with Gasteiger partial charge in [0.15, 0.2) is 5.96 Å². The van der Waals surface area contributed by atoms with E-state index < -0.39 is 0 Å². The Morgan fingerprint density at radius 3 is 2.80 bits per heavy atom. The molecule has 30 heavy (non-hydrogen) atoms. The fraction of sp³-hybridized carbons (Fsp3) is 0.696. The molecule has 2 atom stereocenters. The molecule has 7 heteroatoms. The Hall–Kier alpha value is -1.99. The van der Waals surface area contributed by atoms with Crippen molar-refractivity contribution in [3.8, 4) is 11.5 Å². The molecule has 1 heterocycles. The number of benzene rings is 1. The quantitative estimate of drug-likeness (QED) is 0.500. The molecule has 0 bridgehead atoms. The van der Waals surface area contributed by atoms with Crippen molar-refractivity contribution in [1.29, 1.82) is 0 Å². The van der Waals surface area contributed by atoms with Crippen LogP contribution in [-0.2, 0) is 11.3 Å². The molecule has 2 unspecified atom stereocenters. The van der Waals surface area contributed by atoms with E-state index in [1.165, 1.54) is 12.8 Å². The molecule has 1 saturated carbocycles. The minimum absolute atomic E-state index is 0.310. The zero-order chi connectivity index (χ0) is 21.3. The maximum Gasteiger partial charge on any atom is 0.191 e. The van der Waals surface area contributed by atoms with E-state index >= 15 is 0 Å². The maximum atomic E-state index is 6.31. The van der Waals surface area contributed by atoms with Crippen LogP contribution in [0.4, 0.5) is 0 Å². The molecule has 1 saturated heterocycles. The van der Waals surface area contributed by atoms with E-state index in [1.807, 2.05) is 12.1 Å². The summed E-state index contributed by atoms with van der Waals surface area (Å²) in [5.41, 5.74) is 1.11. The number of rotatable bonds is 8. The van der Waals surface area contributed by atoms with Crippen molar-refractivity contribution in [2.45, 2.75) is 64.3 Å². The highest BCUT2D eigenvalue weighted by atomic mass is 16.5. The van der Waals surface area contributed by atoms with Crippen LogP contribution in [0.5, 0.6) is 11.5 Å². The van der Waals surface area contributed by atoms with Crippen LogP contribution < -0.4 is 20.1 Å². The van der Waals surface area contributed by atoms with Crippen LogP contribution in [0.2, 0.25) is 0 Å². The van der Waals surface area contributed by atoms with Gasteiger partial charge in [-0.05, 0) is 51.7 Å². The van der Waals surface area contributed by atoms with Crippen molar-refractivity contribution in [1.82, 2.24) is 15.5 Å². The first-order valence-electron chi connectivity index (χ1n) is 11.2. The summed E-state index contributed by atoms with van der Waals surface area (Å²) < 4.78 is 17.3. The number of ether oxygens (including phenoxy) is 3. The lowest BCUT2D eigenvalue weighted by Crippen LogP contribution is -2.52. The Labute approximate surface area is 181 Å². The smallest absolute Gasteiger partial charge is 0.191 e. The minimum Gasteiger partial charge on any atom is -0.497 e. The van der Waals surface area contributed by atoms with Gasteiger partial charge < -0.3 is 24.8 Å². The van der Waals surface area contributed by atoms with Crippen LogP contribution in [0.1, 0.15) is 45.1 Å². The highest BCUT2D eigenvalue weighted by molar-refractivity contribution is 5.79. The molecule has 1 aromatic carbocycles. The first-order chi connectivity index (χ1) is 14.6. The normalized spacial score (nSPS) is 22.0. The Morgan fingerprint density at radius 1 is 1.30 bits per heavy atom. The Bertz CT molecular complexity index is 691. The summed E-state index contributed by atoms with van der Waals surface area (Å²) in [5.74, 6) is 2.52. The fourth-order valence-electron chi connectivity index (χ4n) is 4.26. The van der Waals surface area contributed by atoms with Gasteiger partial charge >= 0.3 is 0 Å². The number of aliphatic imine (C=N–C) groups is 1. The van der Waals surface area contributed by atoms with Gasteiger partial charge in [0.1, 0.15) is 11.5 Å². The van der Waals surface area contributed by atoms with E-state index in [0.717, 1.165) is 62.2 Å². The molecule has 1 aliphatic carbocycles. The zero-order valence-corrected chi connectivity index (χ0v) is 18.9. The van der Waals surface area contributed by atoms with Gasteiger partial charge in [-0.15, -0.1) is 0 Å².